The van der Waals surface area contributed by atoms with E-state index in [9.17, 15) is 4.79 Å². The van der Waals surface area contributed by atoms with Crippen LogP contribution in [0.25, 0.3) is 0 Å². The van der Waals surface area contributed by atoms with Crippen LogP contribution < -0.4 is 5.73 Å². The molecule has 0 amide bonds. The minimum absolute atomic E-state index is 0.0835. The predicted octanol–water partition coefficient (Wildman–Crippen LogP) is 1.98. The van der Waals surface area contributed by atoms with Gasteiger partial charge in [0.1, 0.15) is 5.78 Å². The third kappa shape index (κ3) is 3.92. The van der Waals surface area contributed by atoms with Gasteiger partial charge in [-0.2, -0.15) is 5.10 Å². The summed E-state index contributed by atoms with van der Waals surface area (Å²) in [6.45, 7) is 3.97. The fourth-order valence-electron chi connectivity index (χ4n) is 1.68. The number of halogens is 1. The SMILES string of the molecule is CCc1nn(C)c(CC(=O)CCC(C)N)c1Br. The first-order valence-corrected chi connectivity index (χ1v) is 6.72. The Balaban J connectivity index is 2.68. The van der Waals surface area contributed by atoms with E-state index in [0.717, 1.165) is 28.7 Å². The zero-order chi connectivity index (χ0) is 13.0. The molecule has 0 aliphatic rings. The number of aryl methyl sites for hydroxylation is 2. The van der Waals surface area contributed by atoms with Crippen molar-refractivity contribution in [3.8, 4) is 0 Å². The number of carbonyl (C=O) groups is 1. The van der Waals surface area contributed by atoms with Gasteiger partial charge < -0.3 is 5.73 Å². The van der Waals surface area contributed by atoms with Gasteiger partial charge >= 0.3 is 0 Å². The second-order valence-corrected chi connectivity index (χ2v) is 5.21. The maximum Gasteiger partial charge on any atom is 0.138 e. The number of carbonyl (C=O) groups excluding carboxylic acids is 1. The van der Waals surface area contributed by atoms with E-state index in [0.29, 0.717) is 12.8 Å². The molecule has 0 aliphatic carbocycles. The summed E-state index contributed by atoms with van der Waals surface area (Å²) in [6.07, 6.45) is 2.57. The van der Waals surface area contributed by atoms with Crippen LogP contribution in [-0.2, 0) is 24.7 Å². The summed E-state index contributed by atoms with van der Waals surface area (Å²) in [4.78, 5) is 11.8. The number of nitrogens with zero attached hydrogens (tertiary/aromatic N) is 2. The average Bonchev–Trinajstić information content (AvgIpc) is 2.53. The Bertz CT molecular complexity index is 399. The Hall–Kier alpha value is -0.680. The number of aromatic nitrogens is 2. The molecular formula is C12H20BrN3O. The number of hydrogen-bond acceptors (Lipinski definition) is 3. The predicted molar refractivity (Wildman–Crippen MR) is 71.9 cm³/mol. The van der Waals surface area contributed by atoms with E-state index in [4.69, 9.17) is 5.73 Å². The van der Waals surface area contributed by atoms with Crippen LogP contribution in [0.4, 0.5) is 0 Å². The van der Waals surface area contributed by atoms with Gasteiger partial charge in [-0.05, 0) is 35.7 Å². The van der Waals surface area contributed by atoms with Crippen molar-refractivity contribution < 1.29 is 4.79 Å². The number of rotatable bonds is 6. The van der Waals surface area contributed by atoms with E-state index >= 15 is 0 Å². The van der Waals surface area contributed by atoms with Gasteiger partial charge in [0, 0.05) is 25.9 Å². The van der Waals surface area contributed by atoms with Gasteiger partial charge in [0.05, 0.1) is 15.9 Å². The summed E-state index contributed by atoms with van der Waals surface area (Å²) in [5.41, 5.74) is 7.60. The summed E-state index contributed by atoms with van der Waals surface area (Å²) in [6, 6.07) is 0.0835. The lowest BCUT2D eigenvalue weighted by Gasteiger charge is -2.05. The highest BCUT2D eigenvalue weighted by atomic mass is 79.9. The Labute approximate surface area is 111 Å². The van der Waals surface area contributed by atoms with Gasteiger partial charge in [-0.15, -0.1) is 0 Å². The maximum absolute atomic E-state index is 11.8. The van der Waals surface area contributed by atoms with Crippen molar-refractivity contribution in [1.82, 2.24) is 9.78 Å². The van der Waals surface area contributed by atoms with Gasteiger partial charge in [-0.1, -0.05) is 6.92 Å². The van der Waals surface area contributed by atoms with Crippen molar-refractivity contribution in [2.45, 2.75) is 45.6 Å². The van der Waals surface area contributed by atoms with E-state index in [2.05, 4.69) is 28.0 Å². The molecule has 5 heteroatoms. The molecule has 0 bridgehead atoms. The molecule has 96 valence electrons. The maximum atomic E-state index is 11.8. The first-order chi connectivity index (χ1) is 7.95. The molecule has 0 saturated carbocycles. The van der Waals surface area contributed by atoms with Crippen LogP contribution in [0.2, 0.25) is 0 Å². The molecule has 4 nitrogen and oxygen atoms in total. The molecule has 1 heterocycles. The third-order valence-electron chi connectivity index (χ3n) is 2.75. The fraction of sp³-hybridized carbons (Fsp3) is 0.667. The number of hydrogen-bond donors (Lipinski definition) is 1. The van der Waals surface area contributed by atoms with Gasteiger partial charge in [0.2, 0.25) is 0 Å². The summed E-state index contributed by atoms with van der Waals surface area (Å²) in [5, 5.41) is 4.37. The minimum Gasteiger partial charge on any atom is -0.328 e. The van der Waals surface area contributed by atoms with E-state index in [1.54, 1.807) is 4.68 Å². The Kier molecular flexibility index (Phi) is 5.33. The molecule has 0 saturated heterocycles. The largest absolute Gasteiger partial charge is 0.328 e. The normalized spacial score (nSPS) is 12.8. The summed E-state index contributed by atoms with van der Waals surface area (Å²) >= 11 is 3.51. The van der Waals surface area contributed by atoms with Crippen molar-refractivity contribution in [2.75, 3.05) is 0 Å². The van der Waals surface area contributed by atoms with E-state index in [-0.39, 0.29) is 11.8 Å². The standard InChI is InChI=1S/C12H20BrN3O/c1-4-10-12(13)11(16(3)15-10)7-9(17)6-5-8(2)14/h8H,4-7,14H2,1-3H3. The van der Waals surface area contributed by atoms with E-state index < -0.39 is 0 Å². The molecule has 2 N–H and O–H groups in total. The topological polar surface area (TPSA) is 60.9 Å². The molecular weight excluding hydrogens is 282 g/mol. The van der Waals surface area contributed by atoms with Crippen LogP contribution in [0.1, 0.15) is 38.1 Å². The molecule has 0 radical (unpaired) electrons. The summed E-state index contributed by atoms with van der Waals surface area (Å²) in [7, 11) is 1.87. The molecule has 0 fully saturated rings. The molecule has 17 heavy (non-hydrogen) atoms. The molecule has 0 spiro atoms. The highest BCUT2D eigenvalue weighted by Gasteiger charge is 2.15. The molecule has 1 atom stereocenters. The Morgan fingerprint density at radius 3 is 2.71 bits per heavy atom. The Morgan fingerprint density at radius 2 is 2.24 bits per heavy atom. The van der Waals surface area contributed by atoms with Gasteiger partial charge in [-0.25, -0.2) is 0 Å². The smallest absolute Gasteiger partial charge is 0.138 e. The van der Waals surface area contributed by atoms with Crippen LogP contribution in [0.3, 0.4) is 0 Å². The van der Waals surface area contributed by atoms with Crippen molar-refractivity contribution in [1.29, 1.82) is 0 Å². The van der Waals surface area contributed by atoms with Crippen LogP contribution in [-0.4, -0.2) is 21.6 Å². The lowest BCUT2D eigenvalue weighted by Crippen LogP contribution is -2.17. The first kappa shape index (κ1) is 14.4. The Morgan fingerprint density at radius 1 is 1.59 bits per heavy atom. The molecule has 0 aliphatic heterocycles. The molecule has 1 rings (SSSR count). The van der Waals surface area contributed by atoms with Crippen molar-refractivity contribution >= 4 is 21.7 Å². The average molecular weight is 302 g/mol. The highest BCUT2D eigenvalue weighted by molar-refractivity contribution is 9.10. The molecule has 1 aromatic rings. The van der Waals surface area contributed by atoms with Crippen LogP contribution >= 0.6 is 15.9 Å². The van der Waals surface area contributed by atoms with Crippen LogP contribution in [0.5, 0.6) is 0 Å². The number of nitrogens with two attached hydrogens (primary N) is 1. The second kappa shape index (κ2) is 6.31. The monoisotopic (exact) mass is 301 g/mol. The summed E-state index contributed by atoms with van der Waals surface area (Å²) < 4.78 is 2.75. The van der Waals surface area contributed by atoms with Crippen molar-refractivity contribution in [3.63, 3.8) is 0 Å². The van der Waals surface area contributed by atoms with Crippen LogP contribution in [0, 0.1) is 0 Å². The highest BCUT2D eigenvalue weighted by Crippen LogP contribution is 2.22. The zero-order valence-electron chi connectivity index (χ0n) is 10.7. The number of ketones is 1. The quantitative estimate of drug-likeness (QED) is 0.874. The van der Waals surface area contributed by atoms with E-state index in [1.807, 2.05) is 14.0 Å². The molecule has 0 aromatic carbocycles. The van der Waals surface area contributed by atoms with Crippen LogP contribution in [0.15, 0.2) is 4.47 Å². The van der Waals surface area contributed by atoms with E-state index in [1.165, 1.54) is 0 Å². The minimum atomic E-state index is 0.0835. The van der Waals surface area contributed by atoms with Crippen molar-refractivity contribution in [2.24, 2.45) is 12.8 Å². The first-order valence-electron chi connectivity index (χ1n) is 5.93. The zero-order valence-corrected chi connectivity index (χ0v) is 12.2. The lowest BCUT2D eigenvalue weighted by atomic mass is 10.1. The summed E-state index contributed by atoms with van der Waals surface area (Å²) in [5.74, 6) is 0.216. The van der Waals surface area contributed by atoms with Gasteiger partial charge in [-0.3, -0.25) is 9.48 Å². The van der Waals surface area contributed by atoms with Gasteiger partial charge in [0.25, 0.3) is 0 Å². The molecule has 1 unspecified atom stereocenters. The third-order valence-corrected chi connectivity index (χ3v) is 3.66. The second-order valence-electron chi connectivity index (χ2n) is 4.42. The molecule has 1 aromatic heterocycles. The fourth-order valence-corrected chi connectivity index (χ4v) is 2.43. The van der Waals surface area contributed by atoms with Crippen molar-refractivity contribution in [3.05, 3.63) is 15.9 Å². The lowest BCUT2D eigenvalue weighted by molar-refractivity contribution is -0.118. The van der Waals surface area contributed by atoms with Gasteiger partial charge in [0.15, 0.2) is 0 Å². The number of Topliss-reactive ketones (excluding diaryl/α,β-unsaturated/α-hetero) is 1.